The Hall–Kier alpha value is -4.13. The summed E-state index contributed by atoms with van der Waals surface area (Å²) in [6, 6.07) is 31.7. The van der Waals surface area contributed by atoms with Crippen LogP contribution in [-0.4, -0.2) is 25.3 Å². The molecule has 202 valence electrons. The maximum absolute atomic E-state index is 14.6. The molecule has 0 bridgehead atoms. The molecule has 5 nitrogen and oxygen atoms in total. The van der Waals surface area contributed by atoms with Crippen molar-refractivity contribution in [3.05, 3.63) is 154 Å². The summed E-state index contributed by atoms with van der Waals surface area (Å²) in [5.74, 6) is -0.581. The Labute approximate surface area is 240 Å². The minimum Gasteiger partial charge on any atom is -0.463 e. The number of carbonyl (C=O) groups is 1. The van der Waals surface area contributed by atoms with Gasteiger partial charge in [0.15, 0.2) is 0 Å². The lowest BCUT2D eigenvalue weighted by atomic mass is 9.96. The summed E-state index contributed by atoms with van der Waals surface area (Å²) < 4.78 is 36.0. The second kappa shape index (κ2) is 11.5. The van der Waals surface area contributed by atoms with E-state index in [1.54, 1.807) is 61.5 Å². The minimum atomic E-state index is -4.17. The summed E-state index contributed by atoms with van der Waals surface area (Å²) in [5, 5.41) is 0.501. The number of nitrogens with zero attached hydrogens (tertiary/aromatic N) is 1. The summed E-state index contributed by atoms with van der Waals surface area (Å²) in [6.07, 6.45) is 1.65. The Morgan fingerprint density at radius 2 is 1.38 bits per heavy atom. The Bertz CT molecular complexity index is 1640. The molecule has 4 aromatic rings. The number of allylic oxidation sites excluding steroid dienone is 1. The molecule has 7 heteroatoms. The summed E-state index contributed by atoms with van der Waals surface area (Å²) >= 11 is 6.20. The van der Waals surface area contributed by atoms with E-state index in [2.05, 4.69) is 0 Å². The fourth-order valence-electron chi connectivity index (χ4n) is 4.85. The average Bonchev–Trinajstić information content (AvgIpc) is 3.36. The molecule has 1 unspecified atom stereocenters. The summed E-state index contributed by atoms with van der Waals surface area (Å²) in [5.41, 5.74) is 4.42. The Kier molecular flexibility index (Phi) is 7.92. The molecule has 0 saturated heterocycles. The fraction of sp³-hybridized carbons (Fsp3) is 0.121. The lowest BCUT2D eigenvalue weighted by Gasteiger charge is -2.31. The molecule has 0 aromatic heterocycles. The van der Waals surface area contributed by atoms with Crippen molar-refractivity contribution in [2.45, 2.75) is 24.8 Å². The number of hydrogen-bond donors (Lipinski definition) is 0. The predicted molar refractivity (Wildman–Crippen MR) is 158 cm³/mol. The molecular weight excluding hydrogens is 542 g/mol. The molecular formula is C33H28ClNO4S. The van der Waals surface area contributed by atoms with Gasteiger partial charge in [0, 0.05) is 10.6 Å². The van der Waals surface area contributed by atoms with E-state index in [0.29, 0.717) is 21.9 Å². The van der Waals surface area contributed by atoms with Crippen LogP contribution >= 0.6 is 11.6 Å². The third kappa shape index (κ3) is 5.33. The van der Waals surface area contributed by atoms with Crippen molar-refractivity contribution in [3.63, 3.8) is 0 Å². The van der Waals surface area contributed by atoms with Crippen molar-refractivity contribution in [2.75, 3.05) is 6.61 Å². The topological polar surface area (TPSA) is 63.7 Å². The van der Waals surface area contributed by atoms with Gasteiger partial charge < -0.3 is 4.74 Å². The minimum absolute atomic E-state index is 0.119. The molecule has 0 aliphatic carbocycles. The highest BCUT2D eigenvalue weighted by Gasteiger charge is 2.44. The normalized spacial score (nSPS) is 15.1. The van der Waals surface area contributed by atoms with E-state index in [4.69, 9.17) is 16.3 Å². The van der Waals surface area contributed by atoms with Gasteiger partial charge in [-0.3, -0.25) is 4.31 Å². The zero-order valence-electron chi connectivity index (χ0n) is 22.1. The van der Waals surface area contributed by atoms with Crippen LogP contribution in [-0.2, 0) is 19.6 Å². The van der Waals surface area contributed by atoms with Crippen molar-refractivity contribution in [1.29, 1.82) is 0 Å². The molecule has 1 heterocycles. The molecule has 0 N–H and O–H groups in total. The molecule has 0 spiro atoms. The number of halogens is 1. The van der Waals surface area contributed by atoms with Crippen LogP contribution < -0.4 is 0 Å². The van der Waals surface area contributed by atoms with Crippen molar-refractivity contribution in [3.8, 4) is 0 Å². The van der Waals surface area contributed by atoms with Crippen LogP contribution in [0.4, 0.5) is 0 Å². The lowest BCUT2D eigenvalue weighted by Crippen LogP contribution is -2.33. The van der Waals surface area contributed by atoms with Crippen LogP contribution in [0.3, 0.4) is 0 Å². The molecule has 40 heavy (non-hydrogen) atoms. The molecule has 0 radical (unpaired) electrons. The van der Waals surface area contributed by atoms with E-state index in [1.165, 1.54) is 4.31 Å². The molecule has 5 rings (SSSR count). The summed E-state index contributed by atoms with van der Waals surface area (Å²) in [6.45, 7) is 3.77. The fourth-order valence-corrected chi connectivity index (χ4v) is 6.60. The predicted octanol–water partition coefficient (Wildman–Crippen LogP) is 7.34. The van der Waals surface area contributed by atoms with Crippen LogP contribution in [0.2, 0.25) is 5.02 Å². The first-order chi connectivity index (χ1) is 19.3. The van der Waals surface area contributed by atoms with E-state index in [-0.39, 0.29) is 17.1 Å². The van der Waals surface area contributed by atoms with Crippen molar-refractivity contribution in [1.82, 2.24) is 4.31 Å². The van der Waals surface area contributed by atoms with Crippen LogP contribution in [0.1, 0.15) is 35.2 Å². The Balaban J connectivity index is 1.87. The number of ether oxygens (including phenoxy) is 1. The molecule has 4 aromatic carbocycles. The van der Waals surface area contributed by atoms with Crippen molar-refractivity contribution in [2.24, 2.45) is 0 Å². The molecule has 0 fully saturated rings. The number of esters is 1. The summed E-state index contributed by atoms with van der Waals surface area (Å²) in [7, 11) is -4.17. The van der Waals surface area contributed by atoms with Gasteiger partial charge in [-0.05, 0) is 60.9 Å². The Morgan fingerprint density at radius 3 is 1.90 bits per heavy atom. The van der Waals surface area contributed by atoms with Crippen LogP contribution in [0.5, 0.6) is 0 Å². The zero-order chi connectivity index (χ0) is 28.3. The number of aryl methyl sites for hydroxylation is 1. The van der Waals surface area contributed by atoms with Gasteiger partial charge in [-0.2, -0.15) is 0 Å². The third-order valence-electron chi connectivity index (χ3n) is 6.71. The van der Waals surface area contributed by atoms with E-state index < -0.39 is 22.0 Å². The van der Waals surface area contributed by atoms with Gasteiger partial charge >= 0.3 is 5.97 Å². The van der Waals surface area contributed by atoms with Gasteiger partial charge in [-0.15, -0.1) is 0 Å². The average molecular weight is 570 g/mol. The highest BCUT2D eigenvalue weighted by molar-refractivity contribution is 7.89. The van der Waals surface area contributed by atoms with Gasteiger partial charge in [-0.25, -0.2) is 13.2 Å². The maximum Gasteiger partial charge on any atom is 0.336 e. The van der Waals surface area contributed by atoms with E-state index in [9.17, 15) is 13.2 Å². The second-order valence-electron chi connectivity index (χ2n) is 9.38. The third-order valence-corrected chi connectivity index (χ3v) is 8.76. The van der Waals surface area contributed by atoms with E-state index in [0.717, 1.165) is 16.7 Å². The largest absolute Gasteiger partial charge is 0.463 e. The van der Waals surface area contributed by atoms with E-state index in [1.807, 2.05) is 67.6 Å². The monoisotopic (exact) mass is 569 g/mol. The van der Waals surface area contributed by atoms with Gasteiger partial charge in [-0.1, -0.05) is 102 Å². The molecule has 0 saturated carbocycles. The van der Waals surface area contributed by atoms with Gasteiger partial charge in [0.2, 0.25) is 0 Å². The summed E-state index contributed by atoms with van der Waals surface area (Å²) in [4.78, 5) is 13.5. The van der Waals surface area contributed by atoms with Gasteiger partial charge in [0.25, 0.3) is 10.0 Å². The van der Waals surface area contributed by atoms with Crippen molar-refractivity contribution < 1.29 is 17.9 Å². The number of sulfonamides is 1. The van der Waals surface area contributed by atoms with Crippen LogP contribution in [0.25, 0.3) is 5.57 Å². The second-order valence-corrected chi connectivity index (χ2v) is 11.6. The first kappa shape index (κ1) is 27.4. The zero-order valence-corrected chi connectivity index (χ0v) is 23.7. The first-order valence-corrected chi connectivity index (χ1v) is 14.7. The van der Waals surface area contributed by atoms with Crippen LogP contribution in [0, 0.1) is 6.92 Å². The number of rotatable bonds is 7. The smallest absolute Gasteiger partial charge is 0.336 e. The Morgan fingerprint density at radius 1 is 0.825 bits per heavy atom. The van der Waals surface area contributed by atoms with Gasteiger partial charge in [0.05, 0.1) is 22.8 Å². The van der Waals surface area contributed by atoms with E-state index >= 15 is 0 Å². The first-order valence-electron chi connectivity index (χ1n) is 12.9. The standard InChI is InChI=1S/C33H28ClNO4S/c1-3-39-33(36)29-22-30(31(24-10-6-4-7-11-24)25-12-8-5-9-13-25)35(32(29)26-16-18-27(34)19-17-26)40(37,38)28-20-14-23(2)15-21-28/h4-22,32H,3H2,1-2H3. The number of carbonyl (C=O) groups excluding carboxylic acids is 1. The van der Waals surface area contributed by atoms with Crippen LogP contribution in [0.15, 0.2) is 131 Å². The van der Waals surface area contributed by atoms with Gasteiger partial charge in [0.1, 0.15) is 6.04 Å². The number of benzene rings is 4. The maximum atomic E-state index is 14.6. The van der Waals surface area contributed by atoms with Crippen molar-refractivity contribution >= 4 is 33.2 Å². The lowest BCUT2D eigenvalue weighted by molar-refractivity contribution is -0.138. The molecule has 0 amide bonds. The molecule has 1 atom stereocenters. The highest BCUT2D eigenvalue weighted by atomic mass is 35.5. The SMILES string of the molecule is CCOC(=O)C1=CC(=C(c2ccccc2)c2ccccc2)N(S(=O)(=O)c2ccc(C)cc2)C1c1ccc(Cl)cc1. The molecule has 1 aliphatic rings. The quantitative estimate of drug-likeness (QED) is 0.218. The molecule has 1 aliphatic heterocycles. The number of hydrogen-bond acceptors (Lipinski definition) is 4. The highest BCUT2D eigenvalue weighted by Crippen LogP contribution is 2.47.